The summed E-state index contributed by atoms with van der Waals surface area (Å²) in [5.74, 6) is 0.370. The van der Waals surface area contributed by atoms with Gasteiger partial charge in [0.1, 0.15) is 0 Å². The Balaban J connectivity index is 3.46. The molecule has 3 nitrogen and oxygen atoms in total. The molecule has 1 atom stereocenters. The molecule has 8 heavy (non-hydrogen) atoms. The normalized spacial score (nSPS) is 15.4. The predicted molar refractivity (Wildman–Crippen MR) is 35.0 cm³/mol. The molecule has 0 rings (SSSR count). The fourth-order valence-corrected chi connectivity index (χ4v) is 0.444. The zero-order valence-corrected chi connectivity index (χ0v) is 5.46. The van der Waals surface area contributed by atoms with Crippen LogP contribution in [-0.2, 0) is 0 Å². The van der Waals surface area contributed by atoms with Crippen molar-refractivity contribution in [1.82, 2.24) is 0 Å². The summed E-state index contributed by atoms with van der Waals surface area (Å²) in [5.41, 5.74) is 16.1. The van der Waals surface area contributed by atoms with Crippen LogP contribution in [0.4, 0.5) is 0 Å². The van der Waals surface area contributed by atoms with E-state index in [1.807, 2.05) is 13.8 Å². The van der Waals surface area contributed by atoms with E-state index in [1.54, 1.807) is 0 Å². The van der Waals surface area contributed by atoms with Gasteiger partial charge >= 0.3 is 0 Å². The van der Waals surface area contributed by atoms with E-state index in [-0.39, 0.29) is 12.2 Å². The quantitative estimate of drug-likeness (QED) is 0.415. The van der Waals surface area contributed by atoms with Gasteiger partial charge < -0.3 is 17.2 Å². The lowest BCUT2D eigenvalue weighted by Gasteiger charge is -2.18. The summed E-state index contributed by atoms with van der Waals surface area (Å²) in [7, 11) is 0. The van der Waals surface area contributed by atoms with Crippen molar-refractivity contribution in [3.05, 3.63) is 0 Å². The molecule has 0 spiro atoms. The van der Waals surface area contributed by atoms with Gasteiger partial charge in [-0.05, 0) is 5.92 Å². The lowest BCUT2D eigenvalue weighted by atomic mass is 10.0. The van der Waals surface area contributed by atoms with Crippen LogP contribution in [-0.4, -0.2) is 12.2 Å². The van der Waals surface area contributed by atoms with Gasteiger partial charge in [-0.3, -0.25) is 0 Å². The van der Waals surface area contributed by atoms with Crippen LogP contribution in [0.3, 0.4) is 0 Å². The average Bonchev–Trinajstić information content (AvgIpc) is 1.64. The van der Waals surface area contributed by atoms with Crippen molar-refractivity contribution >= 4 is 0 Å². The molecule has 1 unspecified atom stereocenters. The molecule has 0 aliphatic carbocycles. The standard InChI is InChI=1S/C5H15N3/c1-3(2)4(6)5(7)8/h3-5H,6-8H2,1-2H3. The van der Waals surface area contributed by atoms with Crippen molar-refractivity contribution in [1.29, 1.82) is 0 Å². The van der Waals surface area contributed by atoms with Crippen LogP contribution in [0.5, 0.6) is 0 Å². The van der Waals surface area contributed by atoms with Crippen LogP contribution in [0.15, 0.2) is 0 Å². The molecule has 0 heterocycles. The van der Waals surface area contributed by atoms with Crippen LogP contribution in [0.2, 0.25) is 0 Å². The van der Waals surface area contributed by atoms with Gasteiger partial charge in [0.2, 0.25) is 0 Å². The SMILES string of the molecule is CC(C)C(N)C(N)N. The molecule has 3 heteroatoms. The molecule has 6 N–H and O–H groups in total. The number of nitrogens with two attached hydrogens (primary N) is 3. The minimum Gasteiger partial charge on any atom is -0.325 e. The number of hydrogen-bond donors (Lipinski definition) is 3. The molecule has 0 aliphatic heterocycles. The number of rotatable bonds is 2. The Morgan fingerprint density at radius 3 is 1.38 bits per heavy atom. The Labute approximate surface area is 50.2 Å². The maximum Gasteiger partial charge on any atom is 0.0679 e. The van der Waals surface area contributed by atoms with Gasteiger partial charge in [0.25, 0.3) is 0 Å². The highest BCUT2D eigenvalue weighted by atomic mass is 14.9. The minimum atomic E-state index is -0.380. The van der Waals surface area contributed by atoms with Gasteiger partial charge in [-0.15, -0.1) is 0 Å². The van der Waals surface area contributed by atoms with E-state index in [1.165, 1.54) is 0 Å². The van der Waals surface area contributed by atoms with Crippen molar-refractivity contribution in [2.45, 2.75) is 26.1 Å². The first kappa shape index (κ1) is 7.88. The smallest absolute Gasteiger partial charge is 0.0679 e. The Morgan fingerprint density at radius 1 is 1.00 bits per heavy atom. The van der Waals surface area contributed by atoms with Crippen molar-refractivity contribution in [3.63, 3.8) is 0 Å². The summed E-state index contributed by atoms with van der Waals surface area (Å²) in [6, 6.07) is -0.0741. The highest BCUT2D eigenvalue weighted by Crippen LogP contribution is 1.96. The zero-order valence-electron chi connectivity index (χ0n) is 5.46. The largest absolute Gasteiger partial charge is 0.325 e. The van der Waals surface area contributed by atoms with E-state index >= 15 is 0 Å². The molecule has 0 aromatic rings. The molecule has 0 aromatic heterocycles. The topological polar surface area (TPSA) is 78.1 Å². The Kier molecular flexibility index (Phi) is 2.97. The average molecular weight is 117 g/mol. The zero-order chi connectivity index (χ0) is 6.73. The summed E-state index contributed by atoms with van der Waals surface area (Å²) >= 11 is 0. The third kappa shape index (κ3) is 2.26. The molecule has 0 saturated carbocycles. The maximum atomic E-state index is 5.51. The van der Waals surface area contributed by atoms with Crippen LogP contribution in [0.1, 0.15) is 13.8 Å². The van der Waals surface area contributed by atoms with Gasteiger partial charge in [0.15, 0.2) is 0 Å². The van der Waals surface area contributed by atoms with E-state index in [0.29, 0.717) is 5.92 Å². The van der Waals surface area contributed by atoms with E-state index in [9.17, 15) is 0 Å². The molecule has 0 radical (unpaired) electrons. The monoisotopic (exact) mass is 117 g/mol. The fraction of sp³-hybridized carbons (Fsp3) is 1.00. The molecule has 0 amide bonds. The molecule has 0 saturated heterocycles. The van der Waals surface area contributed by atoms with Crippen LogP contribution < -0.4 is 17.2 Å². The van der Waals surface area contributed by atoms with E-state index in [2.05, 4.69) is 0 Å². The minimum absolute atomic E-state index is 0.0741. The fourth-order valence-electron chi connectivity index (χ4n) is 0.444. The molecule has 50 valence electrons. The van der Waals surface area contributed by atoms with E-state index in [4.69, 9.17) is 17.2 Å². The third-order valence-corrected chi connectivity index (χ3v) is 1.21. The molecule has 0 fully saturated rings. The van der Waals surface area contributed by atoms with Crippen LogP contribution in [0, 0.1) is 5.92 Å². The first-order chi connectivity index (χ1) is 3.55. The van der Waals surface area contributed by atoms with E-state index < -0.39 is 0 Å². The van der Waals surface area contributed by atoms with Gasteiger partial charge in [0.05, 0.1) is 6.17 Å². The van der Waals surface area contributed by atoms with Gasteiger partial charge in [0, 0.05) is 6.04 Å². The van der Waals surface area contributed by atoms with Gasteiger partial charge in [-0.1, -0.05) is 13.8 Å². The highest BCUT2D eigenvalue weighted by Gasteiger charge is 2.11. The Morgan fingerprint density at radius 2 is 1.38 bits per heavy atom. The highest BCUT2D eigenvalue weighted by molar-refractivity contribution is 4.72. The van der Waals surface area contributed by atoms with Crippen molar-refractivity contribution in [2.75, 3.05) is 0 Å². The van der Waals surface area contributed by atoms with Crippen molar-refractivity contribution in [2.24, 2.45) is 23.1 Å². The van der Waals surface area contributed by atoms with Crippen molar-refractivity contribution in [3.8, 4) is 0 Å². The first-order valence-corrected chi connectivity index (χ1v) is 2.82. The summed E-state index contributed by atoms with van der Waals surface area (Å²) in [6.07, 6.45) is -0.380. The summed E-state index contributed by atoms with van der Waals surface area (Å²) < 4.78 is 0. The Hall–Kier alpha value is -0.120. The predicted octanol–water partition coefficient (Wildman–Crippen LogP) is -0.787. The van der Waals surface area contributed by atoms with Crippen molar-refractivity contribution < 1.29 is 0 Å². The molecule has 0 aromatic carbocycles. The van der Waals surface area contributed by atoms with Gasteiger partial charge in [-0.25, -0.2) is 0 Å². The number of hydrogen-bond acceptors (Lipinski definition) is 3. The lowest BCUT2D eigenvalue weighted by Crippen LogP contribution is -2.50. The molecule has 0 bridgehead atoms. The molecule has 0 aliphatic rings. The lowest BCUT2D eigenvalue weighted by molar-refractivity contribution is 0.422. The summed E-state index contributed by atoms with van der Waals surface area (Å²) in [5, 5.41) is 0. The van der Waals surface area contributed by atoms with Gasteiger partial charge in [-0.2, -0.15) is 0 Å². The van der Waals surface area contributed by atoms with Crippen LogP contribution in [0.25, 0.3) is 0 Å². The third-order valence-electron chi connectivity index (χ3n) is 1.21. The molecular formula is C5H15N3. The molecular weight excluding hydrogens is 102 g/mol. The second-order valence-electron chi connectivity index (χ2n) is 2.40. The van der Waals surface area contributed by atoms with Crippen LogP contribution >= 0.6 is 0 Å². The second-order valence-corrected chi connectivity index (χ2v) is 2.40. The second kappa shape index (κ2) is 3.02. The summed E-state index contributed by atoms with van der Waals surface area (Å²) in [6.45, 7) is 3.99. The Bertz CT molecular complexity index is 52.7. The summed E-state index contributed by atoms with van der Waals surface area (Å²) in [4.78, 5) is 0. The van der Waals surface area contributed by atoms with E-state index in [0.717, 1.165) is 0 Å². The first-order valence-electron chi connectivity index (χ1n) is 2.82. The maximum absolute atomic E-state index is 5.51.